The summed E-state index contributed by atoms with van der Waals surface area (Å²) < 4.78 is 109. The van der Waals surface area contributed by atoms with Crippen LogP contribution in [-0.2, 0) is 18.0 Å². The lowest BCUT2D eigenvalue weighted by Gasteiger charge is -2.14. The van der Waals surface area contributed by atoms with Gasteiger partial charge in [0.1, 0.15) is 47.7 Å². The lowest BCUT2D eigenvalue weighted by molar-refractivity contribution is -0.132. The lowest BCUT2D eigenvalue weighted by Crippen LogP contribution is -2.15. The molecule has 0 spiro atoms. The fraction of sp³-hybridized carbons (Fsp3) is 0.175. The molecule has 0 amide bonds. The van der Waals surface area contributed by atoms with Crippen molar-refractivity contribution in [3.8, 4) is 57.0 Å². The Morgan fingerprint density at radius 3 is 1.29 bits per heavy atom. The van der Waals surface area contributed by atoms with Crippen LogP contribution in [0.1, 0.15) is 55.8 Å². The van der Waals surface area contributed by atoms with Gasteiger partial charge in [0.2, 0.25) is 0 Å². The molecule has 14 nitrogen and oxygen atoms in total. The Kier molecular flexibility index (Phi) is 17.8. The highest BCUT2D eigenvalue weighted by Crippen LogP contribution is 2.36. The van der Waals surface area contributed by atoms with Crippen LogP contribution in [-0.4, -0.2) is 68.4 Å². The van der Waals surface area contributed by atoms with E-state index in [4.69, 9.17) is 23.7 Å². The largest absolute Gasteiger partial charge is 0.489 e. The minimum atomic E-state index is -4.31. The van der Waals surface area contributed by atoms with Gasteiger partial charge in [-0.3, -0.25) is 8.80 Å². The summed E-state index contributed by atoms with van der Waals surface area (Å²) in [5.74, 6) is 1.61. The summed E-state index contributed by atoms with van der Waals surface area (Å²) in [5.41, 5.74) is 8.28. The molecular formula is C63H54F6N6O8. The number of carbonyl (C=O) groups is 2. The van der Waals surface area contributed by atoms with Gasteiger partial charge in [0.25, 0.3) is 0 Å². The molecule has 0 aliphatic heterocycles. The van der Waals surface area contributed by atoms with Gasteiger partial charge in [-0.05, 0) is 109 Å². The van der Waals surface area contributed by atoms with E-state index in [1.807, 2.05) is 66.7 Å². The standard InChI is InChI=1S/C32H28F3N3O4.C31H26F3N3O4/c1-21-16-23(8-13-27(21)31(39)40-2)29-18-37-30-28(36-15-14-32(33,34)35)17-26(19-38(29)30)42-25-11-9-24(10-12-25)41-20-22-6-4-3-5-7-22;1-20-15-22(7-12-26(20)30(38)39)28-17-36-29-27(35-14-13-31(32,33)34)16-25(18-37(28)29)41-24-10-8-23(9-11-24)40-19-21-5-3-2-4-6-21/h3-13,16-19,36H,14-15,20H2,1-2H3;2-12,15-18,35H,13-14,19H2,1H3,(H,38,39). The number of hydrogen-bond donors (Lipinski definition) is 3. The van der Waals surface area contributed by atoms with E-state index < -0.39 is 37.1 Å². The average molecular weight is 1140 g/mol. The third-order valence-electron chi connectivity index (χ3n) is 12.9. The summed E-state index contributed by atoms with van der Waals surface area (Å²) >= 11 is 0. The maximum atomic E-state index is 12.9. The fourth-order valence-electron chi connectivity index (χ4n) is 8.79. The lowest BCUT2D eigenvalue weighted by atomic mass is 10.0. The molecule has 0 saturated carbocycles. The number of nitrogens with zero attached hydrogens (tertiary/aromatic N) is 4. The summed E-state index contributed by atoms with van der Waals surface area (Å²) in [6.07, 6.45) is -4.02. The van der Waals surface area contributed by atoms with Gasteiger partial charge in [-0.25, -0.2) is 19.6 Å². The number of hydrogen-bond acceptors (Lipinski definition) is 11. The zero-order valence-electron chi connectivity index (χ0n) is 44.9. The number of pyridine rings is 2. The van der Waals surface area contributed by atoms with Crippen molar-refractivity contribution >= 4 is 34.6 Å². The zero-order chi connectivity index (χ0) is 58.7. The number of imidazole rings is 2. The highest BCUT2D eigenvalue weighted by Gasteiger charge is 2.28. The first-order valence-electron chi connectivity index (χ1n) is 25.9. The molecule has 0 unspecified atom stereocenters. The molecule has 3 N–H and O–H groups in total. The van der Waals surface area contributed by atoms with E-state index in [1.54, 1.807) is 132 Å². The molecule has 10 aromatic rings. The van der Waals surface area contributed by atoms with E-state index in [0.717, 1.165) is 16.7 Å². The van der Waals surface area contributed by atoms with Gasteiger partial charge in [-0.15, -0.1) is 0 Å². The number of aryl methyl sites for hydroxylation is 2. The van der Waals surface area contributed by atoms with Gasteiger partial charge in [0, 0.05) is 36.3 Å². The summed E-state index contributed by atoms with van der Waals surface area (Å²) in [6.45, 7) is 3.66. The molecule has 0 radical (unpaired) electrons. The Morgan fingerprint density at radius 1 is 0.518 bits per heavy atom. The van der Waals surface area contributed by atoms with Gasteiger partial charge in [0.15, 0.2) is 11.3 Å². The van der Waals surface area contributed by atoms with Crippen molar-refractivity contribution < 1.29 is 64.7 Å². The minimum Gasteiger partial charge on any atom is -0.489 e. The van der Waals surface area contributed by atoms with Crippen molar-refractivity contribution in [2.75, 3.05) is 30.8 Å². The number of aromatic nitrogens is 4. The van der Waals surface area contributed by atoms with Crippen molar-refractivity contribution in [3.63, 3.8) is 0 Å². The number of carbonyl (C=O) groups excluding carboxylic acids is 1. The number of benzene rings is 6. The van der Waals surface area contributed by atoms with Crippen molar-refractivity contribution in [3.05, 3.63) is 216 Å². The molecular weight excluding hydrogens is 1080 g/mol. The number of aromatic carboxylic acids is 1. The molecule has 0 atom stereocenters. The fourth-order valence-corrected chi connectivity index (χ4v) is 8.79. The Balaban J connectivity index is 0.000000200. The van der Waals surface area contributed by atoms with E-state index in [1.165, 1.54) is 13.2 Å². The van der Waals surface area contributed by atoms with Crippen LogP contribution in [0.4, 0.5) is 37.7 Å². The first-order chi connectivity index (χ1) is 39.9. The van der Waals surface area contributed by atoms with Crippen LogP contribution in [0.25, 0.3) is 33.8 Å². The monoisotopic (exact) mass is 1140 g/mol. The highest BCUT2D eigenvalue weighted by molar-refractivity contribution is 5.92. The topological polar surface area (TPSA) is 159 Å². The number of carboxylic acids is 1. The number of rotatable bonds is 20. The molecule has 4 aromatic heterocycles. The normalized spacial score (nSPS) is 11.4. The number of fused-ring (bicyclic) bond motifs is 2. The van der Waals surface area contributed by atoms with Crippen LogP contribution < -0.4 is 29.6 Å². The highest BCUT2D eigenvalue weighted by atomic mass is 19.4. The molecule has 10 rings (SSSR count). The van der Waals surface area contributed by atoms with E-state index in [0.29, 0.717) is 104 Å². The van der Waals surface area contributed by atoms with Crippen LogP contribution >= 0.6 is 0 Å². The molecule has 426 valence electrons. The van der Waals surface area contributed by atoms with Crippen molar-refractivity contribution in [1.82, 2.24) is 18.8 Å². The van der Waals surface area contributed by atoms with Gasteiger partial charge in [0.05, 0.1) is 78.6 Å². The Labute approximate surface area is 472 Å². The first-order valence-corrected chi connectivity index (χ1v) is 25.9. The van der Waals surface area contributed by atoms with Crippen molar-refractivity contribution in [2.24, 2.45) is 0 Å². The van der Waals surface area contributed by atoms with E-state index in [-0.39, 0.29) is 18.7 Å². The number of anilines is 2. The van der Waals surface area contributed by atoms with Crippen LogP contribution in [0.2, 0.25) is 0 Å². The number of ether oxygens (including phenoxy) is 5. The maximum Gasteiger partial charge on any atom is 0.390 e. The number of alkyl halides is 6. The Morgan fingerprint density at radius 2 is 0.916 bits per heavy atom. The molecule has 0 aliphatic carbocycles. The van der Waals surface area contributed by atoms with Crippen LogP contribution in [0.5, 0.6) is 34.5 Å². The maximum absolute atomic E-state index is 12.9. The van der Waals surface area contributed by atoms with E-state index >= 15 is 0 Å². The quantitative estimate of drug-likeness (QED) is 0.0490. The number of carboxylic acid groups (broad SMARTS) is 1. The van der Waals surface area contributed by atoms with E-state index in [9.17, 15) is 41.0 Å². The average Bonchev–Trinajstić information content (AvgIpc) is 4.17. The number of halogens is 6. The minimum absolute atomic E-state index is 0.178. The van der Waals surface area contributed by atoms with Crippen LogP contribution in [0.15, 0.2) is 183 Å². The van der Waals surface area contributed by atoms with Crippen molar-refractivity contribution in [2.45, 2.75) is 52.3 Å². The van der Waals surface area contributed by atoms with Crippen molar-refractivity contribution in [1.29, 1.82) is 0 Å². The third-order valence-corrected chi connectivity index (χ3v) is 12.9. The first kappa shape index (κ1) is 57.7. The molecule has 83 heavy (non-hydrogen) atoms. The predicted octanol–water partition coefficient (Wildman–Crippen LogP) is 15.6. The zero-order valence-corrected chi connectivity index (χ0v) is 44.9. The number of methoxy groups -OCH3 is 1. The summed E-state index contributed by atoms with van der Waals surface area (Å²) in [6, 6.07) is 47.0. The van der Waals surface area contributed by atoms with Gasteiger partial charge in [-0.1, -0.05) is 72.8 Å². The molecule has 0 bridgehead atoms. The third kappa shape index (κ3) is 15.3. The summed E-state index contributed by atoms with van der Waals surface area (Å²) in [7, 11) is 1.32. The Bertz CT molecular complexity index is 3850. The molecule has 6 aromatic carbocycles. The molecule has 0 saturated heterocycles. The molecule has 4 heterocycles. The summed E-state index contributed by atoms with van der Waals surface area (Å²) in [4.78, 5) is 32.4. The predicted molar refractivity (Wildman–Crippen MR) is 302 cm³/mol. The second-order valence-corrected chi connectivity index (χ2v) is 19.0. The molecule has 0 aliphatic rings. The number of esters is 1. The van der Waals surface area contributed by atoms with Gasteiger partial charge >= 0.3 is 24.3 Å². The molecule has 20 heteroatoms. The second kappa shape index (κ2) is 25.6. The van der Waals surface area contributed by atoms with E-state index in [2.05, 4.69) is 20.6 Å². The van der Waals surface area contributed by atoms with Crippen LogP contribution in [0, 0.1) is 13.8 Å². The van der Waals surface area contributed by atoms with Crippen LogP contribution in [0.3, 0.4) is 0 Å². The summed E-state index contributed by atoms with van der Waals surface area (Å²) in [5, 5.41) is 15.1. The Hall–Kier alpha value is -9.98. The molecule has 0 fully saturated rings. The van der Waals surface area contributed by atoms with Gasteiger partial charge in [-0.2, -0.15) is 26.3 Å². The van der Waals surface area contributed by atoms with Gasteiger partial charge < -0.3 is 39.4 Å². The number of nitrogens with one attached hydrogen (secondary N) is 2. The smallest absolute Gasteiger partial charge is 0.390 e. The SMILES string of the molecule is COC(=O)c1ccc(-c2cnc3c(NCCC(F)(F)F)cc(Oc4ccc(OCc5ccccc5)cc4)cn23)cc1C.Cc1cc(-c2cnc3c(NCCC(F)(F)F)cc(Oc4ccc(OCc5ccccc5)cc4)cn23)ccc1C(=O)O. The second-order valence-electron chi connectivity index (χ2n) is 19.0.